The van der Waals surface area contributed by atoms with Crippen molar-refractivity contribution < 1.29 is 4.39 Å². The smallest absolute Gasteiger partial charge is 0.127 e. The topological polar surface area (TPSA) is 25.2 Å². The highest BCUT2D eigenvalue weighted by Crippen LogP contribution is 2.31. The Morgan fingerprint density at radius 3 is 2.78 bits per heavy atom. The molecule has 0 saturated heterocycles. The summed E-state index contributed by atoms with van der Waals surface area (Å²) < 4.78 is 14.3. The summed E-state index contributed by atoms with van der Waals surface area (Å²) in [5.74, 6) is -0.148. The Kier molecular flexibility index (Phi) is 3.05. The normalized spacial score (nSPS) is 16.0. The van der Waals surface area contributed by atoms with Gasteiger partial charge in [-0.1, -0.05) is 24.3 Å². The fourth-order valence-electron chi connectivity index (χ4n) is 3.24. The van der Waals surface area contributed by atoms with Crippen LogP contribution in [0.5, 0.6) is 0 Å². The van der Waals surface area contributed by atoms with Crippen molar-refractivity contribution >= 4 is 16.6 Å². The second kappa shape index (κ2) is 4.98. The summed E-state index contributed by atoms with van der Waals surface area (Å²) in [6, 6.07) is 15.3. The van der Waals surface area contributed by atoms with E-state index in [1.807, 2.05) is 44.2 Å². The van der Waals surface area contributed by atoms with Gasteiger partial charge >= 0.3 is 0 Å². The molecule has 0 N–H and O–H groups in total. The van der Waals surface area contributed by atoms with Crippen LogP contribution in [0.3, 0.4) is 0 Å². The van der Waals surface area contributed by atoms with Crippen molar-refractivity contribution in [1.29, 1.82) is 0 Å². The van der Waals surface area contributed by atoms with Crippen LogP contribution in [0.25, 0.3) is 10.9 Å². The van der Waals surface area contributed by atoms with Gasteiger partial charge in [0.25, 0.3) is 0 Å². The van der Waals surface area contributed by atoms with E-state index in [1.165, 1.54) is 6.07 Å². The fourth-order valence-corrected chi connectivity index (χ4v) is 3.24. The number of hydrogen-bond acceptors (Lipinski definition) is 2. The number of aliphatic imine (C=N–C) groups is 1. The minimum Gasteiger partial charge on any atom is -0.278 e. The van der Waals surface area contributed by atoms with E-state index < -0.39 is 0 Å². The van der Waals surface area contributed by atoms with E-state index >= 15 is 0 Å². The number of benzene rings is 2. The van der Waals surface area contributed by atoms with E-state index in [9.17, 15) is 4.39 Å². The lowest BCUT2D eigenvalue weighted by Gasteiger charge is -2.29. The highest BCUT2D eigenvalue weighted by atomic mass is 19.1. The zero-order valence-electron chi connectivity index (χ0n) is 13.2. The van der Waals surface area contributed by atoms with Gasteiger partial charge in [-0.2, -0.15) is 0 Å². The number of fused-ring (bicyclic) bond motifs is 2. The van der Waals surface area contributed by atoms with Crippen LogP contribution in [0.2, 0.25) is 0 Å². The predicted octanol–water partition coefficient (Wildman–Crippen LogP) is 4.55. The Morgan fingerprint density at radius 1 is 1.04 bits per heavy atom. The van der Waals surface area contributed by atoms with Crippen molar-refractivity contribution in [3.63, 3.8) is 0 Å². The molecule has 3 heteroatoms. The Bertz CT molecular complexity index is 941. The van der Waals surface area contributed by atoms with Crippen LogP contribution in [-0.2, 0) is 6.42 Å². The first-order valence-corrected chi connectivity index (χ1v) is 7.76. The van der Waals surface area contributed by atoms with Crippen molar-refractivity contribution in [3.8, 4) is 0 Å². The van der Waals surface area contributed by atoms with E-state index in [-0.39, 0.29) is 11.4 Å². The molecule has 1 aromatic heterocycles. The van der Waals surface area contributed by atoms with Crippen molar-refractivity contribution in [1.82, 2.24) is 4.98 Å². The standard InChI is InChI=1S/C20H17FN2/c1-20(2)12-16-15(6-3-7-17(16)21)19(23-20)14-8-9-18-13(11-14)5-4-10-22-18/h3-11H,12H2,1-2H3. The molecule has 0 amide bonds. The molecule has 0 spiro atoms. The average Bonchev–Trinajstić information content (AvgIpc) is 2.54. The monoisotopic (exact) mass is 304 g/mol. The number of aromatic nitrogens is 1. The van der Waals surface area contributed by atoms with Gasteiger partial charge in [0.1, 0.15) is 5.82 Å². The third-order valence-electron chi connectivity index (χ3n) is 4.27. The first-order valence-electron chi connectivity index (χ1n) is 7.76. The lowest BCUT2D eigenvalue weighted by atomic mass is 9.84. The highest BCUT2D eigenvalue weighted by Gasteiger charge is 2.29. The Labute approximate surface area is 134 Å². The van der Waals surface area contributed by atoms with Gasteiger partial charge in [0.2, 0.25) is 0 Å². The third-order valence-corrected chi connectivity index (χ3v) is 4.27. The molecule has 114 valence electrons. The van der Waals surface area contributed by atoms with E-state index in [4.69, 9.17) is 4.99 Å². The van der Waals surface area contributed by atoms with Crippen molar-refractivity contribution in [2.75, 3.05) is 0 Å². The highest BCUT2D eigenvalue weighted by molar-refractivity contribution is 6.15. The van der Waals surface area contributed by atoms with Crippen molar-refractivity contribution in [2.24, 2.45) is 4.99 Å². The second-order valence-corrected chi connectivity index (χ2v) is 6.63. The van der Waals surface area contributed by atoms with Crippen LogP contribution in [0.15, 0.2) is 59.7 Å². The summed E-state index contributed by atoms with van der Waals surface area (Å²) >= 11 is 0. The Balaban J connectivity index is 1.95. The van der Waals surface area contributed by atoms with Gasteiger partial charge in [-0.15, -0.1) is 0 Å². The molecular weight excluding hydrogens is 287 g/mol. The molecule has 2 heterocycles. The minimum absolute atomic E-state index is 0.148. The summed E-state index contributed by atoms with van der Waals surface area (Å²) in [5.41, 5.74) is 4.16. The molecule has 23 heavy (non-hydrogen) atoms. The summed E-state index contributed by atoms with van der Waals surface area (Å²) in [4.78, 5) is 9.26. The van der Waals surface area contributed by atoms with Crippen LogP contribution in [0.1, 0.15) is 30.5 Å². The summed E-state index contributed by atoms with van der Waals surface area (Å²) in [5, 5.41) is 1.06. The number of rotatable bonds is 1. The minimum atomic E-state index is -0.311. The molecule has 0 fully saturated rings. The van der Waals surface area contributed by atoms with Crippen LogP contribution in [0, 0.1) is 5.82 Å². The average molecular weight is 304 g/mol. The molecule has 4 rings (SSSR count). The van der Waals surface area contributed by atoms with Crippen LogP contribution >= 0.6 is 0 Å². The van der Waals surface area contributed by atoms with Crippen molar-refractivity contribution in [3.05, 3.63) is 77.2 Å². The van der Waals surface area contributed by atoms with Gasteiger partial charge in [0.05, 0.1) is 16.8 Å². The molecule has 0 aliphatic carbocycles. The molecule has 0 unspecified atom stereocenters. The SMILES string of the molecule is CC1(C)Cc2c(F)cccc2C(c2ccc3ncccc3c2)=N1. The van der Waals surface area contributed by atoms with Gasteiger partial charge in [0.15, 0.2) is 0 Å². The van der Waals surface area contributed by atoms with E-state index in [1.54, 1.807) is 12.3 Å². The van der Waals surface area contributed by atoms with Crippen LogP contribution in [0.4, 0.5) is 4.39 Å². The van der Waals surface area contributed by atoms with Gasteiger partial charge in [-0.25, -0.2) is 4.39 Å². The number of nitrogens with zero attached hydrogens (tertiary/aromatic N) is 2. The quantitative estimate of drug-likeness (QED) is 0.647. The molecule has 0 atom stereocenters. The molecule has 0 radical (unpaired) electrons. The largest absolute Gasteiger partial charge is 0.278 e. The molecule has 0 bridgehead atoms. The Hall–Kier alpha value is -2.55. The molecule has 1 aliphatic rings. The van der Waals surface area contributed by atoms with E-state index in [2.05, 4.69) is 11.1 Å². The molecule has 1 aliphatic heterocycles. The zero-order chi connectivity index (χ0) is 16.0. The first-order chi connectivity index (χ1) is 11.0. The van der Waals surface area contributed by atoms with Crippen LogP contribution < -0.4 is 0 Å². The van der Waals surface area contributed by atoms with Gasteiger partial charge < -0.3 is 0 Å². The van der Waals surface area contributed by atoms with E-state index in [0.717, 1.165) is 33.3 Å². The second-order valence-electron chi connectivity index (χ2n) is 6.63. The summed E-state index contributed by atoms with van der Waals surface area (Å²) in [6.45, 7) is 4.09. The molecular formula is C20H17FN2. The summed E-state index contributed by atoms with van der Waals surface area (Å²) in [6.07, 6.45) is 2.40. The maximum atomic E-state index is 14.3. The maximum Gasteiger partial charge on any atom is 0.127 e. The lowest BCUT2D eigenvalue weighted by molar-refractivity contribution is 0.492. The van der Waals surface area contributed by atoms with Gasteiger partial charge in [0, 0.05) is 29.1 Å². The number of halogens is 1. The zero-order valence-corrected chi connectivity index (χ0v) is 13.2. The summed E-state index contributed by atoms with van der Waals surface area (Å²) in [7, 11) is 0. The maximum absolute atomic E-state index is 14.3. The molecule has 3 aromatic rings. The predicted molar refractivity (Wildman–Crippen MR) is 91.6 cm³/mol. The third kappa shape index (κ3) is 2.42. The van der Waals surface area contributed by atoms with Gasteiger partial charge in [-0.05, 0) is 43.7 Å². The Morgan fingerprint density at radius 2 is 1.91 bits per heavy atom. The molecule has 0 saturated carbocycles. The van der Waals surface area contributed by atoms with Crippen molar-refractivity contribution in [2.45, 2.75) is 25.8 Å². The number of hydrogen-bond donors (Lipinski definition) is 0. The molecule has 2 nitrogen and oxygen atoms in total. The fraction of sp³-hybridized carbons (Fsp3) is 0.200. The van der Waals surface area contributed by atoms with E-state index in [0.29, 0.717) is 6.42 Å². The first kappa shape index (κ1) is 14.1. The lowest BCUT2D eigenvalue weighted by Crippen LogP contribution is -2.30. The number of pyridine rings is 1. The van der Waals surface area contributed by atoms with Crippen LogP contribution in [-0.4, -0.2) is 16.2 Å². The van der Waals surface area contributed by atoms with Gasteiger partial charge in [-0.3, -0.25) is 9.98 Å². The molecule has 2 aromatic carbocycles.